The van der Waals surface area contributed by atoms with Gasteiger partial charge in [-0.1, -0.05) is 0 Å². The summed E-state index contributed by atoms with van der Waals surface area (Å²) in [6.07, 6.45) is 0.959. The summed E-state index contributed by atoms with van der Waals surface area (Å²) in [5.41, 5.74) is 0. The van der Waals surface area contributed by atoms with E-state index in [2.05, 4.69) is 5.32 Å². The van der Waals surface area contributed by atoms with E-state index >= 15 is 0 Å². The molecule has 0 aliphatic heterocycles. The van der Waals surface area contributed by atoms with Crippen molar-refractivity contribution in [1.82, 2.24) is 5.32 Å². The SMILES string of the molecule is O=C(CCSc1ccc(F)cc1)NCC(O)c1ccco1. The fourth-order valence-corrected chi connectivity index (χ4v) is 2.52. The lowest BCUT2D eigenvalue weighted by atomic mass is 10.2. The molecule has 1 heterocycles. The number of halogens is 1. The molecule has 2 N–H and O–H groups in total. The number of hydrogen-bond donors (Lipinski definition) is 2. The van der Waals surface area contributed by atoms with E-state index in [1.54, 1.807) is 24.3 Å². The number of furan rings is 1. The summed E-state index contributed by atoms with van der Waals surface area (Å²) in [4.78, 5) is 12.6. The predicted molar refractivity (Wildman–Crippen MR) is 78.4 cm³/mol. The second-order valence-corrected chi connectivity index (χ2v) is 5.56. The van der Waals surface area contributed by atoms with Crippen molar-refractivity contribution in [2.75, 3.05) is 12.3 Å². The van der Waals surface area contributed by atoms with Crippen LogP contribution in [0, 0.1) is 5.82 Å². The Labute approximate surface area is 126 Å². The molecule has 1 aromatic heterocycles. The van der Waals surface area contributed by atoms with Crippen molar-refractivity contribution in [2.45, 2.75) is 17.4 Å². The molecular weight excluding hydrogens is 293 g/mol. The van der Waals surface area contributed by atoms with Crippen LogP contribution in [0.3, 0.4) is 0 Å². The van der Waals surface area contributed by atoms with Crippen molar-refractivity contribution in [3.63, 3.8) is 0 Å². The summed E-state index contributed by atoms with van der Waals surface area (Å²) in [5, 5.41) is 12.4. The van der Waals surface area contributed by atoms with Crippen molar-refractivity contribution in [3.8, 4) is 0 Å². The third kappa shape index (κ3) is 5.24. The zero-order chi connectivity index (χ0) is 15.1. The van der Waals surface area contributed by atoms with Gasteiger partial charge in [0, 0.05) is 17.1 Å². The van der Waals surface area contributed by atoms with Gasteiger partial charge < -0.3 is 14.8 Å². The zero-order valence-electron chi connectivity index (χ0n) is 11.3. The van der Waals surface area contributed by atoms with Gasteiger partial charge in [0.2, 0.25) is 5.91 Å². The predicted octanol–water partition coefficient (Wildman–Crippen LogP) is 2.75. The Morgan fingerprint density at radius 2 is 2.10 bits per heavy atom. The number of carbonyl (C=O) groups excluding carboxylic acids is 1. The average Bonchev–Trinajstić information content (AvgIpc) is 3.01. The van der Waals surface area contributed by atoms with Crippen LogP contribution in [0.5, 0.6) is 0 Å². The highest BCUT2D eigenvalue weighted by atomic mass is 32.2. The average molecular weight is 309 g/mol. The Morgan fingerprint density at radius 3 is 2.76 bits per heavy atom. The van der Waals surface area contributed by atoms with Crippen molar-refractivity contribution in [3.05, 3.63) is 54.2 Å². The van der Waals surface area contributed by atoms with Gasteiger partial charge in [0.15, 0.2) is 0 Å². The summed E-state index contributed by atoms with van der Waals surface area (Å²) in [6.45, 7) is 0.119. The van der Waals surface area contributed by atoms with Crippen LogP contribution in [-0.2, 0) is 4.79 Å². The first-order valence-electron chi connectivity index (χ1n) is 6.51. The van der Waals surface area contributed by atoms with Gasteiger partial charge in [-0.25, -0.2) is 4.39 Å². The minimum atomic E-state index is -0.839. The third-order valence-corrected chi connectivity index (χ3v) is 3.79. The fourth-order valence-electron chi connectivity index (χ4n) is 1.67. The molecule has 0 saturated heterocycles. The normalized spacial score (nSPS) is 12.1. The van der Waals surface area contributed by atoms with E-state index in [0.717, 1.165) is 4.90 Å². The minimum absolute atomic E-state index is 0.119. The van der Waals surface area contributed by atoms with Gasteiger partial charge >= 0.3 is 0 Å². The standard InChI is InChI=1S/C15H16FNO3S/c16-11-3-5-12(6-4-11)21-9-7-15(19)17-10-13(18)14-2-1-8-20-14/h1-6,8,13,18H,7,9-10H2,(H,17,19). The number of aliphatic hydroxyl groups is 1. The molecule has 0 aliphatic rings. The van der Waals surface area contributed by atoms with E-state index < -0.39 is 6.10 Å². The first-order chi connectivity index (χ1) is 10.1. The highest BCUT2D eigenvalue weighted by molar-refractivity contribution is 7.99. The Kier molecular flexibility index (Phi) is 5.83. The topological polar surface area (TPSA) is 62.5 Å². The van der Waals surface area contributed by atoms with Crippen LogP contribution in [0.2, 0.25) is 0 Å². The number of thioether (sulfide) groups is 1. The number of hydrogen-bond acceptors (Lipinski definition) is 4. The minimum Gasteiger partial charge on any atom is -0.467 e. The first-order valence-corrected chi connectivity index (χ1v) is 7.50. The van der Waals surface area contributed by atoms with Crippen LogP contribution in [0.25, 0.3) is 0 Å². The Hall–Kier alpha value is -1.79. The van der Waals surface area contributed by atoms with Gasteiger partial charge in [0.05, 0.1) is 12.8 Å². The maximum Gasteiger partial charge on any atom is 0.220 e. The number of nitrogens with one attached hydrogen (secondary N) is 1. The lowest BCUT2D eigenvalue weighted by Gasteiger charge is -2.09. The monoisotopic (exact) mass is 309 g/mol. The van der Waals surface area contributed by atoms with Crippen LogP contribution in [0.15, 0.2) is 52.0 Å². The molecule has 112 valence electrons. The Balaban J connectivity index is 1.64. The van der Waals surface area contributed by atoms with Crippen molar-refractivity contribution >= 4 is 17.7 Å². The molecule has 0 saturated carbocycles. The van der Waals surface area contributed by atoms with E-state index in [1.165, 1.54) is 30.2 Å². The second-order valence-electron chi connectivity index (χ2n) is 4.39. The van der Waals surface area contributed by atoms with Crippen molar-refractivity contribution in [2.24, 2.45) is 0 Å². The number of amides is 1. The lowest BCUT2D eigenvalue weighted by Crippen LogP contribution is -2.28. The highest BCUT2D eigenvalue weighted by Crippen LogP contribution is 2.18. The number of carbonyl (C=O) groups is 1. The smallest absolute Gasteiger partial charge is 0.220 e. The molecule has 0 radical (unpaired) electrons. The second kappa shape index (κ2) is 7.85. The first kappa shape index (κ1) is 15.6. The summed E-state index contributed by atoms with van der Waals surface area (Å²) >= 11 is 1.48. The lowest BCUT2D eigenvalue weighted by molar-refractivity contribution is -0.121. The third-order valence-electron chi connectivity index (χ3n) is 2.78. The molecule has 0 bridgehead atoms. The highest BCUT2D eigenvalue weighted by Gasteiger charge is 2.11. The summed E-state index contributed by atoms with van der Waals surface area (Å²) in [7, 11) is 0. The maximum absolute atomic E-state index is 12.7. The molecule has 0 fully saturated rings. The van der Waals surface area contributed by atoms with Crippen molar-refractivity contribution in [1.29, 1.82) is 0 Å². The van der Waals surface area contributed by atoms with Gasteiger partial charge in [0.1, 0.15) is 17.7 Å². The molecule has 0 aliphatic carbocycles. The van der Waals surface area contributed by atoms with E-state index in [0.29, 0.717) is 17.9 Å². The molecular formula is C15H16FNO3S. The Bertz CT molecular complexity index is 557. The molecule has 21 heavy (non-hydrogen) atoms. The molecule has 1 amide bonds. The summed E-state index contributed by atoms with van der Waals surface area (Å²) < 4.78 is 17.8. The van der Waals surface area contributed by atoms with E-state index in [9.17, 15) is 14.3 Å². The molecule has 1 unspecified atom stereocenters. The van der Waals surface area contributed by atoms with Gasteiger partial charge in [-0.2, -0.15) is 0 Å². The van der Waals surface area contributed by atoms with Crippen molar-refractivity contribution < 1.29 is 18.7 Å². The van der Waals surface area contributed by atoms with E-state index in [4.69, 9.17) is 4.42 Å². The van der Waals surface area contributed by atoms with Gasteiger partial charge in [0.25, 0.3) is 0 Å². The molecule has 1 atom stereocenters. The van der Waals surface area contributed by atoms with Gasteiger partial charge in [-0.3, -0.25) is 4.79 Å². The Morgan fingerprint density at radius 1 is 1.33 bits per heavy atom. The van der Waals surface area contributed by atoms with E-state index in [1.807, 2.05) is 0 Å². The van der Waals surface area contributed by atoms with Gasteiger partial charge in [-0.15, -0.1) is 11.8 Å². The molecule has 6 heteroatoms. The summed E-state index contributed by atoms with van der Waals surface area (Å²) in [6, 6.07) is 9.47. The van der Waals surface area contributed by atoms with Crippen LogP contribution in [-0.4, -0.2) is 23.3 Å². The largest absolute Gasteiger partial charge is 0.467 e. The summed E-state index contributed by atoms with van der Waals surface area (Å²) in [5.74, 6) is 0.601. The van der Waals surface area contributed by atoms with E-state index in [-0.39, 0.29) is 18.3 Å². The quantitative estimate of drug-likeness (QED) is 0.772. The zero-order valence-corrected chi connectivity index (χ0v) is 12.1. The maximum atomic E-state index is 12.7. The fraction of sp³-hybridized carbons (Fsp3) is 0.267. The molecule has 0 spiro atoms. The molecule has 4 nitrogen and oxygen atoms in total. The molecule has 2 rings (SSSR count). The number of benzene rings is 1. The molecule has 1 aromatic carbocycles. The van der Waals surface area contributed by atoms with Crippen LogP contribution in [0.4, 0.5) is 4.39 Å². The van der Waals surface area contributed by atoms with Gasteiger partial charge in [-0.05, 0) is 36.4 Å². The van der Waals surface area contributed by atoms with Crippen LogP contribution < -0.4 is 5.32 Å². The number of rotatable bonds is 7. The van der Waals surface area contributed by atoms with Crippen LogP contribution in [0.1, 0.15) is 18.3 Å². The van der Waals surface area contributed by atoms with Crippen LogP contribution >= 0.6 is 11.8 Å². The molecule has 2 aromatic rings. The number of aliphatic hydroxyl groups excluding tert-OH is 1.